The van der Waals surface area contributed by atoms with E-state index in [2.05, 4.69) is 25.8 Å². The number of hydrogen-bond donors (Lipinski definition) is 3. The first kappa shape index (κ1) is 16.0. The van der Waals surface area contributed by atoms with Gasteiger partial charge in [0.2, 0.25) is 5.91 Å². The van der Waals surface area contributed by atoms with E-state index in [-0.39, 0.29) is 18.0 Å². The zero-order valence-corrected chi connectivity index (χ0v) is 14.7. The van der Waals surface area contributed by atoms with Crippen molar-refractivity contribution in [3.8, 4) is 0 Å². The monoisotopic (exact) mass is 352 g/mol. The third-order valence-electron chi connectivity index (χ3n) is 6.15. The lowest BCUT2D eigenvalue weighted by atomic mass is 9.81. The molecule has 4 atom stereocenters. The molecule has 3 N–H and O–H groups in total. The lowest BCUT2D eigenvalue weighted by Crippen LogP contribution is -2.51. The molecule has 3 aliphatic rings. The number of aromatic nitrogens is 3. The quantitative estimate of drug-likeness (QED) is 0.759. The van der Waals surface area contributed by atoms with Gasteiger partial charge in [-0.2, -0.15) is 0 Å². The van der Waals surface area contributed by atoms with Crippen LogP contribution in [0.5, 0.6) is 0 Å². The third kappa shape index (κ3) is 2.54. The number of pyridine rings is 1. The zero-order chi connectivity index (χ0) is 17.5. The van der Waals surface area contributed by atoms with Crippen LogP contribution >= 0.6 is 0 Å². The molecular weight excluding hydrogens is 328 g/mol. The van der Waals surface area contributed by atoms with Gasteiger partial charge in [0.25, 0.3) is 0 Å². The number of fused-ring (bicyclic) bond motifs is 2. The Morgan fingerprint density at radius 3 is 3.04 bits per heavy atom. The minimum Gasteiger partial charge on any atom is -0.348 e. The Hall–Kier alpha value is -2.25. The van der Waals surface area contributed by atoms with Crippen LogP contribution in [0.25, 0.3) is 0 Å². The molecule has 1 saturated heterocycles. The van der Waals surface area contributed by atoms with Gasteiger partial charge in [0.15, 0.2) is 0 Å². The molecule has 0 radical (unpaired) electrons. The fourth-order valence-corrected chi connectivity index (χ4v) is 4.85. The van der Waals surface area contributed by atoms with E-state index in [0.717, 1.165) is 36.2 Å². The molecule has 4 unspecified atom stereocenters. The van der Waals surface area contributed by atoms with Crippen molar-refractivity contribution >= 4 is 5.91 Å². The number of hydrogen-bond acceptors (Lipinski definition) is 5. The Morgan fingerprint density at radius 2 is 2.15 bits per heavy atom. The average molecular weight is 352 g/mol. The van der Waals surface area contributed by atoms with Gasteiger partial charge in [0, 0.05) is 43.0 Å². The summed E-state index contributed by atoms with van der Waals surface area (Å²) >= 11 is 0. The van der Waals surface area contributed by atoms with E-state index in [1.54, 1.807) is 12.5 Å². The van der Waals surface area contributed by atoms with Crippen LogP contribution in [0, 0.1) is 5.92 Å². The summed E-state index contributed by atoms with van der Waals surface area (Å²) in [5, 5.41) is 0. The maximum atomic E-state index is 13.5. The SMILES string of the molecule is O=C(C1NNC2CCCCC21)N1CCc2[nH]cnc2C1c1cccnc1. The molecule has 0 spiro atoms. The molecule has 0 aromatic carbocycles. The Kier molecular flexibility index (Phi) is 3.98. The molecule has 1 saturated carbocycles. The molecule has 1 amide bonds. The van der Waals surface area contributed by atoms with Gasteiger partial charge >= 0.3 is 0 Å². The fourth-order valence-electron chi connectivity index (χ4n) is 4.85. The Bertz CT molecular complexity index is 790. The third-order valence-corrected chi connectivity index (χ3v) is 6.15. The number of rotatable bonds is 2. The fraction of sp³-hybridized carbons (Fsp3) is 0.526. The van der Waals surface area contributed by atoms with Crippen LogP contribution in [0.2, 0.25) is 0 Å². The molecule has 26 heavy (non-hydrogen) atoms. The maximum absolute atomic E-state index is 13.5. The van der Waals surface area contributed by atoms with Crippen LogP contribution < -0.4 is 10.9 Å². The summed E-state index contributed by atoms with van der Waals surface area (Å²) in [6.07, 6.45) is 10.9. The number of nitrogens with one attached hydrogen (secondary N) is 3. The van der Waals surface area contributed by atoms with Crippen LogP contribution in [-0.2, 0) is 11.2 Å². The Labute approximate surface area is 152 Å². The molecule has 136 valence electrons. The normalized spacial score (nSPS) is 30.7. The minimum atomic E-state index is -0.171. The summed E-state index contributed by atoms with van der Waals surface area (Å²) in [6, 6.07) is 4.05. The summed E-state index contributed by atoms with van der Waals surface area (Å²) < 4.78 is 0. The standard InChI is InChI=1S/C19H24N6O/c26-19(16-13-5-1-2-6-14(13)23-24-16)25-9-7-15-17(22-11-21-15)18(25)12-4-3-8-20-10-12/h3-4,8,10-11,13-14,16,18,23-24H,1-2,5-7,9H2,(H,21,22). The van der Waals surface area contributed by atoms with Gasteiger partial charge in [-0.15, -0.1) is 0 Å². The van der Waals surface area contributed by atoms with E-state index in [1.165, 1.54) is 12.8 Å². The van der Waals surface area contributed by atoms with Crippen molar-refractivity contribution in [2.24, 2.45) is 5.92 Å². The predicted octanol–water partition coefficient (Wildman–Crippen LogP) is 1.31. The van der Waals surface area contributed by atoms with Crippen LogP contribution in [0.1, 0.15) is 48.7 Å². The lowest BCUT2D eigenvalue weighted by molar-refractivity contribution is -0.136. The van der Waals surface area contributed by atoms with Gasteiger partial charge in [0.1, 0.15) is 12.1 Å². The molecule has 7 heteroatoms. The molecule has 0 bridgehead atoms. The van der Waals surface area contributed by atoms with Crippen molar-refractivity contribution < 1.29 is 4.79 Å². The number of H-pyrrole nitrogens is 1. The number of nitrogens with zero attached hydrogens (tertiary/aromatic N) is 3. The second-order valence-corrected chi connectivity index (χ2v) is 7.56. The van der Waals surface area contributed by atoms with E-state index >= 15 is 0 Å². The second-order valence-electron chi connectivity index (χ2n) is 7.56. The smallest absolute Gasteiger partial charge is 0.242 e. The highest BCUT2D eigenvalue weighted by atomic mass is 16.2. The first-order valence-electron chi connectivity index (χ1n) is 9.56. The highest BCUT2D eigenvalue weighted by molar-refractivity contribution is 5.84. The molecule has 1 aliphatic carbocycles. The predicted molar refractivity (Wildman–Crippen MR) is 95.9 cm³/mol. The van der Waals surface area contributed by atoms with Gasteiger partial charge in [0.05, 0.1) is 12.0 Å². The number of imidazole rings is 1. The summed E-state index contributed by atoms with van der Waals surface area (Å²) in [7, 11) is 0. The average Bonchev–Trinajstić information content (AvgIpc) is 3.34. The van der Waals surface area contributed by atoms with E-state index in [4.69, 9.17) is 0 Å². The molecule has 2 aromatic heterocycles. The van der Waals surface area contributed by atoms with Crippen LogP contribution in [0.4, 0.5) is 0 Å². The first-order chi connectivity index (χ1) is 12.8. The van der Waals surface area contributed by atoms with E-state index in [9.17, 15) is 4.79 Å². The lowest BCUT2D eigenvalue weighted by Gasteiger charge is -2.38. The van der Waals surface area contributed by atoms with E-state index < -0.39 is 0 Å². The molecular formula is C19H24N6O. The summed E-state index contributed by atoms with van der Waals surface area (Å²) in [6.45, 7) is 0.698. The maximum Gasteiger partial charge on any atom is 0.242 e. The topological polar surface area (TPSA) is 85.9 Å². The number of amides is 1. The highest BCUT2D eigenvalue weighted by Gasteiger charge is 2.45. The van der Waals surface area contributed by atoms with Crippen molar-refractivity contribution in [2.75, 3.05) is 6.54 Å². The van der Waals surface area contributed by atoms with Crippen LogP contribution in [-0.4, -0.2) is 44.4 Å². The van der Waals surface area contributed by atoms with Crippen molar-refractivity contribution in [2.45, 2.75) is 50.2 Å². The largest absolute Gasteiger partial charge is 0.348 e. The van der Waals surface area contributed by atoms with Crippen LogP contribution in [0.15, 0.2) is 30.9 Å². The van der Waals surface area contributed by atoms with Gasteiger partial charge in [-0.25, -0.2) is 10.4 Å². The highest BCUT2D eigenvalue weighted by Crippen LogP contribution is 2.36. The summed E-state index contributed by atoms with van der Waals surface area (Å²) in [4.78, 5) is 27.6. The van der Waals surface area contributed by atoms with Crippen molar-refractivity contribution in [1.82, 2.24) is 30.7 Å². The van der Waals surface area contributed by atoms with Crippen LogP contribution in [0.3, 0.4) is 0 Å². The molecule has 2 fully saturated rings. The van der Waals surface area contributed by atoms with E-state index in [0.29, 0.717) is 18.5 Å². The zero-order valence-electron chi connectivity index (χ0n) is 14.7. The molecule has 7 nitrogen and oxygen atoms in total. The number of aromatic amines is 1. The molecule has 2 aromatic rings. The second kappa shape index (κ2) is 6.48. The molecule has 5 rings (SSSR count). The number of carbonyl (C=O) groups excluding carboxylic acids is 1. The summed E-state index contributed by atoms with van der Waals surface area (Å²) in [5.41, 5.74) is 9.75. The van der Waals surface area contributed by atoms with Crippen molar-refractivity contribution in [1.29, 1.82) is 0 Å². The minimum absolute atomic E-state index is 0.153. The van der Waals surface area contributed by atoms with Gasteiger partial charge in [-0.3, -0.25) is 15.2 Å². The Morgan fingerprint density at radius 1 is 1.23 bits per heavy atom. The van der Waals surface area contributed by atoms with Gasteiger partial charge < -0.3 is 9.88 Å². The number of hydrazine groups is 1. The van der Waals surface area contributed by atoms with Gasteiger partial charge in [-0.1, -0.05) is 18.9 Å². The molecule has 4 heterocycles. The first-order valence-corrected chi connectivity index (χ1v) is 9.56. The number of carbonyl (C=O) groups is 1. The van der Waals surface area contributed by atoms with Crippen molar-refractivity contribution in [3.63, 3.8) is 0 Å². The van der Waals surface area contributed by atoms with Gasteiger partial charge in [-0.05, 0) is 24.5 Å². The van der Waals surface area contributed by atoms with Crippen molar-refractivity contribution in [3.05, 3.63) is 47.8 Å². The molecule has 2 aliphatic heterocycles. The Balaban J connectivity index is 1.48. The van der Waals surface area contributed by atoms with E-state index in [1.807, 2.05) is 23.2 Å². The summed E-state index contributed by atoms with van der Waals surface area (Å²) in [5.74, 6) is 0.556.